The molecule has 0 bridgehead atoms. The van der Waals surface area contributed by atoms with Crippen molar-refractivity contribution in [1.29, 1.82) is 0 Å². The third-order valence-corrected chi connectivity index (χ3v) is 3.99. The second-order valence-corrected chi connectivity index (χ2v) is 6.00. The van der Waals surface area contributed by atoms with Crippen LogP contribution >= 0.6 is 11.6 Å². The fourth-order valence-electron chi connectivity index (χ4n) is 2.52. The zero-order valence-corrected chi connectivity index (χ0v) is 13.9. The van der Waals surface area contributed by atoms with Gasteiger partial charge in [-0.25, -0.2) is 0 Å². The first-order valence-corrected chi connectivity index (χ1v) is 9.10. The lowest BCUT2D eigenvalue weighted by atomic mass is 10.0. The Morgan fingerprint density at radius 2 is 0.947 bits per heavy atom. The molecule has 0 amide bonds. The third kappa shape index (κ3) is 18.0. The van der Waals surface area contributed by atoms with E-state index in [0.29, 0.717) is 0 Å². The van der Waals surface area contributed by atoms with E-state index in [1.807, 2.05) is 0 Å². The van der Waals surface area contributed by atoms with Gasteiger partial charge in [0.2, 0.25) is 0 Å². The van der Waals surface area contributed by atoms with Crippen LogP contribution in [0.15, 0.2) is 11.6 Å². The Hall–Kier alpha value is 0.0300. The number of unbranched alkanes of at least 4 members (excludes halogenated alkanes) is 14. The second-order valence-electron chi connectivity index (χ2n) is 5.75. The van der Waals surface area contributed by atoms with Gasteiger partial charge in [0.15, 0.2) is 0 Å². The predicted molar refractivity (Wildman–Crippen MR) is 89.9 cm³/mol. The van der Waals surface area contributed by atoms with Crippen LogP contribution < -0.4 is 0 Å². The number of rotatable bonds is 15. The van der Waals surface area contributed by atoms with Crippen molar-refractivity contribution in [1.82, 2.24) is 0 Å². The second kappa shape index (κ2) is 18.0. The Morgan fingerprint density at radius 3 is 1.32 bits per heavy atom. The standard InChI is InChI=1S/C18H35Cl/c1-2-3-4-5-6-7-8-9-10-11-12-13-14-15-16-17-18-19/h17-18H,2-16H2,1H3/b18-17-. The number of hydrogen-bond donors (Lipinski definition) is 0. The molecule has 0 N–H and O–H groups in total. The Balaban J connectivity index is 2.91. The average molecular weight is 287 g/mol. The summed E-state index contributed by atoms with van der Waals surface area (Å²) in [7, 11) is 0. The molecule has 0 nitrogen and oxygen atoms in total. The van der Waals surface area contributed by atoms with Gasteiger partial charge in [-0.2, -0.15) is 0 Å². The molecule has 0 aliphatic heterocycles. The average Bonchev–Trinajstić information content (AvgIpc) is 2.43. The maximum Gasteiger partial charge on any atom is 0.000245 e. The lowest BCUT2D eigenvalue weighted by molar-refractivity contribution is 0.536. The van der Waals surface area contributed by atoms with Gasteiger partial charge in [0.1, 0.15) is 0 Å². The molecule has 0 unspecified atom stereocenters. The van der Waals surface area contributed by atoms with Crippen LogP contribution in [0.25, 0.3) is 0 Å². The highest BCUT2D eigenvalue weighted by Gasteiger charge is 1.93. The highest BCUT2D eigenvalue weighted by Crippen LogP contribution is 2.13. The van der Waals surface area contributed by atoms with Crippen molar-refractivity contribution in [3.63, 3.8) is 0 Å². The van der Waals surface area contributed by atoms with Crippen molar-refractivity contribution in [2.45, 2.75) is 103 Å². The summed E-state index contributed by atoms with van der Waals surface area (Å²) in [5.74, 6) is 0. The highest BCUT2D eigenvalue weighted by atomic mass is 35.5. The van der Waals surface area contributed by atoms with E-state index in [0.717, 1.165) is 6.42 Å². The number of hydrogen-bond acceptors (Lipinski definition) is 0. The molecule has 0 aliphatic rings. The smallest absolute Gasteiger partial charge is 0.000245 e. The van der Waals surface area contributed by atoms with Gasteiger partial charge in [0.05, 0.1) is 0 Å². The number of allylic oxidation sites excluding steroid dienone is 1. The van der Waals surface area contributed by atoms with Gasteiger partial charge < -0.3 is 0 Å². The molecule has 0 radical (unpaired) electrons. The SMILES string of the molecule is CCCCCCCCCCCCCCCC/C=C\Cl. The topological polar surface area (TPSA) is 0 Å². The molecule has 0 aromatic rings. The molecule has 0 spiro atoms. The Bertz CT molecular complexity index is 175. The van der Waals surface area contributed by atoms with Gasteiger partial charge in [-0.15, -0.1) is 0 Å². The minimum absolute atomic E-state index is 1.15. The Kier molecular flexibility index (Phi) is 18.1. The van der Waals surface area contributed by atoms with Gasteiger partial charge in [-0.05, 0) is 12.8 Å². The summed E-state index contributed by atoms with van der Waals surface area (Å²) in [4.78, 5) is 0. The van der Waals surface area contributed by atoms with Gasteiger partial charge in [-0.3, -0.25) is 0 Å². The normalized spacial score (nSPS) is 11.5. The highest BCUT2D eigenvalue weighted by molar-refractivity contribution is 6.25. The lowest BCUT2D eigenvalue weighted by Gasteiger charge is -2.02. The molecule has 1 heteroatoms. The molecule has 19 heavy (non-hydrogen) atoms. The van der Waals surface area contributed by atoms with Crippen LogP contribution in [0.2, 0.25) is 0 Å². The van der Waals surface area contributed by atoms with E-state index in [9.17, 15) is 0 Å². The molecule has 0 saturated heterocycles. The minimum Gasteiger partial charge on any atom is -0.0933 e. The van der Waals surface area contributed by atoms with Crippen molar-refractivity contribution in [3.8, 4) is 0 Å². The van der Waals surface area contributed by atoms with Crippen LogP contribution in [0.4, 0.5) is 0 Å². The Labute approximate surface area is 127 Å². The third-order valence-electron chi connectivity index (χ3n) is 3.81. The predicted octanol–water partition coefficient (Wildman–Crippen LogP) is 7.61. The molecule has 0 saturated carbocycles. The maximum atomic E-state index is 5.48. The zero-order valence-electron chi connectivity index (χ0n) is 13.1. The fourth-order valence-corrected chi connectivity index (χ4v) is 2.65. The fraction of sp³-hybridized carbons (Fsp3) is 0.889. The molecule has 0 aliphatic carbocycles. The van der Waals surface area contributed by atoms with E-state index in [-0.39, 0.29) is 0 Å². The number of halogens is 1. The van der Waals surface area contributed by atoms with E-state index in [4.69, 9.17) is 11.6 Å². The van der Waals surface area contributed by atoms with Crippen molar-refractivity contribution in [2.24, 2.45) is 0 Å². The van der Waals surface area contributed by atoms with Crippen molar-refractivity contribution >= 4 is 11.6 Å². The van der Waals surface area contributed by atoms with Crippen LogP contribution in [-0.2, 0) is 0 Å². The van der Waals surface area contributed by atoms with E-state index < -0.39 is 0 Å². The molecular formula is C18H35Cl. The summed E-state index contributed by atoms with van der Waals surface area (Å²) < 4.78 is 0. The van der Waals surface area contributed by atoms with Crippen LogP contribution in [0.3, 0.4) is 0 Å². The molecular weight excluding hydrogens is 252 g/mol. The summed E-state index contributed by atoms with van der Waals surface area (Å²) >= 11 is 5.48. The minimum atomic E-state index is 1.15. The molecule has 0 aromatic heterocycles. The Morgan fingerprint density at radius 1 is 0.579 bits per heavy atom. The molecule has 0 rings (SSSR count). The summed E-state index contributed by atoms with van der Waals surface area (Å²) in [6.45, 7) is 2.29. The van der Waals surface area contributed by atoms with E-state index in [1.165, 1.54) is 89.9 Å². The molecule has 114 valence electrons. The summed E-state index contributed by atoms with van der Waals surface area (Å²) in [6, 6.07) is 0. The first-order valence-electron chi connectivity index (χ1n) is 8.67. The molecule has 0 heterocycles. The van der Waals surface area contributed by atoms with Crippen molar-refractivity contribution in [2.75, 3.05) is 0 Å². The largest absolute Gasteiger partial charge is 0.0933 e. The zero-order chi connectivity index (χ0) is 14.0. The summed E-state index contributed by atoms with van der Waals surface area (Å²) in [5, 5.41) is 0. The first kappa shape index (κ1) is 19.0. The molecule has 0 atom stereocenters. The lowest BCUT2D eigenvalue weighted by Crippen LogP contribution is -1.83. The van der Waals surface area contributed by atoms with Gasteiger partial charge in [0.25, 0.3) is 0 Å². The van der Waals surface area contributed by atoms with Crippen LogP contribution in [0.5, 0.6) is 0 Å². The van der Waals surface area contributed by atoms with Crippen molar-refractivity contribution in [3.05, 3.63) is 11.6 Å². The van der Waals surface area contributed by atoms with E-state index in [2.05, 4.69) is 13.0 Å². The molecule has 0 aromatic carbocycles. The van der Waals surface area contributed by atoms with Crippen molar-refractivity contribution < 1.29 is 0 Å². The van der Waals surface area contributed by atoms with Gasteiger partial charge >= 0.3 is 0 Å². The van der Waals surface area contributed by atoms with Crippen LogP contribution in [0.1, 0.15) is 103 Å². The summed E-state index contributed by atoms with van der Waals surface area (Å²) in [6.07, 6.45) is 23.2. The maximum absolute atomic E-state index is 5.48. The van der Waals surface area contributed by atoms with Crippen LogP contribution in [0, 0.1) is 0 Å². The van der Waals surface area contributed by atoms with Gasteiger partial charge in [0, 0.05) is 5.54 Å². The quantitative estimate of drug-likeness (QED) is 0.272. The first-order chi connectivity index (χ1) is 9.41. The van der Waals surface area contributed by atoms with E-state index >= 15 is 0 Å². The monoisotopic (exact) mass is 286 g/mol. The van der Waals surface area contributed by atoms with Gasteiger partial charge in [-0.1, -0.05) is 108 Å². The summed E-state index contributed by atoms with van der Waals surface area (Å²) in [5.41, 5.74) is 1.64. The van der Waals surface area contributed by atoms with E-state index in [1.54, 1.807) is 5.54 Å². The van der Waals surface area contributed by atoms with Crippen LogP contribution in [-0.4, -0.2) is 0 Å². The molecule has 0 fully saturated rings.